The van der Waals surface area contributed by atoms with Crippen LogP contribution in [0.25, 0.3) is 0 Å². The molecule has 0 aliphatic carbocycles. The lowest BCUT2D eigenvalue weighted by molar-refractivity contribution is -0.120. The lowest BCUT2D eigenvalue weighted by Crippen LogP contribution is -2.63. The van der Waals surface area contributed by atoms with E-state index in [4.69, 9.17) is 9.47 Å². The number of carbonyl (C=O) groups is 3. The van der Waals surface area contributed by atoms with Gasteiger partial charge in [-0.05, 0) is 37.6 Å². The van der Waals surface area contributed by atoms with E-state index in [1.807, 2.05) is 6.92 Å². The van der Waals surface area contributed by atoms with Gasteiger partial charge in [-0.25, -0.2) is 4.98 Å². The molecule has 1 atom stereocenters. The molecule has 3 amide bonds. The Morgan fingerprint density at radius 1 is 1.19 bits per heavy atom. The largest absolute Gasteiger partial charge is 0.474 e. The number of pyridine rings is 1. The second kappa shape index (κ2) is 8.35. The zero-order valence-electron chi connectivity index (χ0n) is 17.5. The van der Waals surface area contributed by atoms with E-state index in [-0.39, 0.29) is 30.8 Å². The first-order valence-corrected chi connectivity index (χ1v) is 10.1. The number of nitrogens with zero attached hydrogens (tertiary/aromatic N) is 3. The van der Waals surface area contributed by atoms with Gasteiger partial charge in [0.05, 0.1) is 17.9 Å². The molecule has 1 aromatic heterocycles. The number of carbonyl (C=O) groups excluding carboxylic acids is 3. The van der Waals surface area contributed by atoms with Crippen molar-refractivity contribution in [1.82, 2.24) is 9.88 Å². The van der Waals surface area contributed by atoms with Crippen molar-refractivity contribution < 1.29 is 23.9 Å². The van der Waals surface area contributed by atoms with Crippen LogP contribution in [0.1, 0.15) is 30.1 Å². The number of para-hydroxylation sites is 1. The summed E-state index contributed by atoms with van der Waals surface area (Å²) in [5.41, 5.74) is 0.508. The first-order chi connectivity index (χ1) is 15.0. The molecule has 162 valence electrons. The van der Waals surface area contributed by atoms with E-state index >= 15 is 0 Å². The van der Waals surface area contributed by atoms with Crippen LogP contribution in [0.5, 0.6) is 5.88 Å². The first kappa shape index (κ1) is 20.8. The van der Waals surface area contributed by atoms with Crippen LogP contribution in [0, 0.1) is 0 Å². The number of amides is 3. The van der Waals surface area contributed by atoms with Crippen LogP contribution in [-0.2, 0) is 14.3 Å². The van der Waals surface area contributed by atoms with Gasteiger partial charge < -0.3 is 19.7 Å². The summed E-state index contributed by atoms with van der Waals surface area (Å²) >= 11 is 0. The highest BCUT2D eigenvalue weighted by molar-refractivity contribution is 6.11. The van der Waals surface area contributed by atoms with Gasteiger partial charge in [-0.1, -0.05) is 12.1 Å². The van der Waals surface area contributed by atoms with Crippen molar-refractivity contribution in [3.8, 4) is 5.88 Å². The topological polar surface area (TPSA) is 101 Å². The van der Waals surface area contributed by atoms with Gasteiger partial charge in [0.1, 0.15) is 24.5 Å². The number of hydrogen-bond acceptors (Lipinski definition) is 6. The minimum atomic E-state index is -0.896. The average Bonchev–Trinajstić information content (AvgIpc) is 3.08. The van der Waals surface area contributed by atoms with Crippen molar-refractivity contribution in [2.45, 2.75) is 25.4 Å². The zero-order valence-corrected chi connectivity index (χ0v) is 17.5. The van der Waals surface area contributed by atoms with E-state index in [9.17, 15) is 14.4 Å². The molecule has 1 unspecified atom stereocenters. The van der Waals surface area contributed by atoms with Crippen molar-refractivity contribution in [3.63, 3.8) is 0 Å². The SMILES string of the molecule is COCCOc1ncccc1NC(=O)CN1C(=O)c2ccccc2N2C(=O)CCC12C. The molecule has 1 aromatic carbocycles. The molecule has 2 aliphatic rings. The van der Waals surface area contributed by atoms with E-state index in [1.54, 1.807) is 54.6 Å². The number of hydrogen-bond donors (Lipinski definition) is 1. The second-order valence-corrected chi connectivity index (χ2v) is 7.60. The minimum absolute atomic E-state index is 0.0612. The van der Waals surface area contributed by atoms with Gasteiger partial charge in [0.25, 0.3) is 5.91 Å². The molecule has 0 spiro atoms. The highest BCUT2D eigenvalue weighted by Crippen LogP contribution is 2.43. The van der Waals surface area contributed by atoms with Gasteiger partial charge in [-0.3, -0.25) is 19.3 Å². The molecule has 31 heavy (non-hydrogen) atoms. The number of rotatable bonds is 7. The molecule has 2 aliphatic heterocycles. The van der Waals surface area contributed by atoms with Crippen LogP contribution in [-0.4, -0.2) is 60.1 Å². The Morgan fingerprint density at radius 3 is 2.81 bits per heavy atom. The Kier molecular flexibility index (Phi) is 5.60. The third-order valence-corrected chi connectivity index (χ3v) is 5.62. The molecule has 0 bridgehead atoms. The lowest BCUT2D eigenvalue weighted by atomic mass is 9.98. The predicted molar refractivity (Wildman–Crippen MR) is 113 cm³/mol. The second-order valence-electron chi connectivity index (χ2n) is 7.60. The molecule has 0 saturated carbocycles. The number of anilines is 2. The van der Waals surface area contributed by atoms with Gasteiger partial charge in [-0.2, -0.15) is 0 Å². The van der Waals surface area contributed by atoms with Gasteiger partial charge in [0.15, 0.2) is 0 Å². The van der Waals surface area contributed by atoms with Crippen LogP contribution in [0.3, 0.4) is 0 Å². The molecule has 1 fully saturated rings. The van der Waals surface area contributed by atoms with Crippen molar-refractivity contribution in [2.75, 3.05) is 37.1 Å². The summed E-state index contributed by atoms with van der Waals surface area (Å²) in [5, 5.41) is 2.77. The van der Waals surface area contributed by atoms with Crippen molar-refractivity contribution in [1.29, 1.82) is 0 Å². The maximum absolute atomic E-state index is 13.3. The van der Waals surface area contributed by atoms with Crippen molar-refractivity contribution in [2.24, 2.45) is 0 Å². The van der Waals surface area contributed by atoms with Gasteiger partial charge in [-0.15, -0.1) is 0 Å². The molecular formula is C22H24N4O5. The van der Waals surface area contributed by atoms with E-state index < -0.39 is 11.6 Å². The molecule has 3 heterocycles. The van der Waals surface area contributed by atoms with E-state index in [0.29, 0.717) is 36.4 Å². The fourth-order valence-corrected chi connectivity index (χ4v) is 4.10. The predicted octanol–water partition coefficient (Wildman–Crippen LogP) is 2.04. The molecule has 2 aromatic rings. The summed E-state index contributed by atoms with van der Waals surface area (Å²) in [4.78, 5) is 46.1. The summed E-state index contributed by atoms with van der Waals surface area (Å²) in [5.74, 6) is -0.471. The summed E-state index contributed by atoms with van der Waals surface area (Å²) in [7, 11) is 1.57. The van der Waals surface area contributed by atoms with Crippen LogP contribution < -0.4 is 15.0 Å². The summed E-state index contributed by atoms with van der Waals surface area (Å²) < 4.78 is 10.5. The summed E-state index contributed by atoms with van der Waals surface area (Å²) in [6.07, 6.45) is 2.33. The van der Waals surface area contributed by atoms with Crippen molar-refractivity contribution in [3.05, 3.63) is 48.2 Å². The van der Waals surface area contributed by atoms with E-state index in [1.165, 1.54) is 4.90 Å². The molecule has 1 saturated heterocycles. The molecule has 4 rings (SSSR count). The van der Waals surface area contributed by atoms with Crippen molar-refractivity contribution >= 4 is 29.1 Å². The lowest BCUT2D eigenvalue weighted by Gasteiger charge is -2.48. The van der Waals surface area contributed by atoms with Gasteiger partial charge in [0.2, 0.25) is 17.7 Å². The number of aromatic nitrogens is 1. The molecule has 0 radical (unpaired) electrons. The minimum Gasteiger partial charge on any atom is -0.474 e. The van der Waals surface area contributed by atoms with Crippen LogP contribution in [0.15, 0.2) is 42.6 Å². The van der Waals surface area contributed by atoms with E-state index in [2.05, 4.69) is 10.3 Å². The maximum Gasteiger partial charge on any atom is 0.258 e. The maximum atomic E-state index is 13.3. The van der Waals surface area contributed by atoms with Gasteiger partial charge >= 0.3 is 0 Å². The van der Waals surface area contributed by atoms with Gasteiger partial charge in [0, 0.05) is 19.7 Å². The molecule has 9 heteroatoms. The molecule has 1 N–H and O–H groups in total. The highest BCUT2D eigenvalue weighted by atomic mass is 16.5. The Balaban J connectivity index is 1.56. The quantitative estimate of drug-likeness (QED) is 0.683. The standard InChI is InChI=1S/C22H24N4O5/c1-22-10-9-19(28)26(22)17-8-4-3-6-15(17)21(29)25(22)14-18(27)24-16-7-5-11-23-20(16)31-13-12-30-2/h3-8,11H,9-10,12-14H2,1-2H3,(H,24,27). The number of methoxy groups -OCH3 is 1. The molecular weight excluding hydrogens is 400 g/mol. The molecule has 9 nitrogen and oxygen atoms in total. The third-order valence-electron chi connectivity index (χ3n) is 5.62. The number of benzene rings is 1. The number of nitrogens with one attached hydrogen (secondary N) is 1. The zero-order chi connectivity index (χ0) is 22.0. The number of ether oxygens (including phenoxy) is 2. The fourth-order valence-electron chi connectivity index (χ4n) is 4.10. The van der Waals surface area contributed by atoms with Crippen LogP contribution in [0.4, 0.5) is 11.4 Å². The summed E-state index contributed by atoms with van der Waals surface area (Å²) in [6.45, 7) is 2.28. The third kappa shape index (κ3) is 3.72. The monoisotopic (exact) mass is 424 g/mol. The Bertz CT molecular complexity index is 1030. The fraction of sp³-hybridized carbons (Fsp3) is 0.364. The first-order valence-electron chi connectivity index (χ1n) is 10.1. The number of fused-ring (bicyclic) bond motifs is 3. The Hall–Kier alpha value is -3.46. The smallest absolute Gasteiger partial charge is 0.258 e. The normalized spacial score (nSPS) is 19.8. The summed E-state index contributed by atoms with van der Waals surface area (Å²) in [6, 6.07) is 10.3. The van der Waals surface area contributed by atoms with Crippen LogP contribution in [0.2, 0.25) is 0 Å². The Labute approximate surface area is 179 Å². The Morgan fingerprint density at radius 2 is 2.00 bits per heavy atom. The highest BCUT2D eigenvalue weighted by Gasteiger charge is 2.53. The average molecular weight is 424 g/mol. The van der Waals surface area contributed by atoms with Crippen LogP contribution >= 0.6 is 0 Å². The van der Waals surface area contributed by atoms with E-state index in [0.717, 1.165) is 0 Å².